The van der Waals surface area contributed by atoms with Gasteiger partial charge in [0.15, 0.2) is 0 Å². The number of rotatable bonds is 7. The van der Waals surface area contributed by atoms with Gasteiger partial charge in [-0.05, 0) is 36.8 Å². The van der Waals surface area contributed by atoms with E-state index in [1.54, 1.807) is 26.0 Å². The molecule has 2 aromatic rings. The second-order valence-electron chi connectivity index (χ2n) is 7.86. The zero-order valence-electron chi connectivity index (χ0n) is 16.9. The number of likely N-dealkylation sites (tertiary alicyclic amines) is 1. The van der Waals surface area contributed by atoms with Crippen LogP contribution in [0.4, 0.5) is 0 Å². The Morgan fingerprint density at radius 1 is 1.17 bits per heavy atom. The number of hydrogen-bond acceptors (Lipinski definition) is 6. The third kappa shape index (κ3) is 4.65. The number of carbonyl (C=O) groups is 1. The minimum Gasteiger partial charge on any atom is -0.379 e. The van der Waals surface area contributed by atoms with Gasteiger partial charge in [0.25, 0.3) is 0 Å². The molecular weight excluding hydrogens is 388 g/mol. The molecule has 8 heteroatoms. The Labute approximate surface area is 175 Å². The third-order valence-corrected chi connectivity index (χ3v) is 7.03. The van der Waals surface area contributed by atoms with E-state index >= 15 is 0 Å². The molecule has 4 atom stereocenters. The molecule has 0 radical (unpaired) electrons. The number of ether oxygens (including phenoxy) is 2. The lowest BCUT2D eigenvalue weighted by molar-refractivity contribution is -0.127. The number of aromatic nitrogens is 3. The summed E-state index contributed by atoms with van der Waals surface area (Å²) in [4.78, 5) is 15.9. The van der Waals surface area contributed by atoms with Gasteiger partial charge in [-0.15, -0.1) is 16.9 Å². The van der Waals surface area contributed by atoms with Crippen LogP contribution in [0.2, 0.25) is 0 Å². The molecular formula is C21H28N4O3S. The Morgan fingerprint density at radius 2 is 1.93 bits per heavy atom. The maximum atomic E-state index is 12.8. The molecule has 1 aromatic heterocycles. The minimum absolute atomic E-state index is 0.0853. The number of thioether (sulfide) groups is 1. The number of methoxy groups -OCH3 is 2. The molecule has 2 aliphatic rings. The maximum Gasteiger partial charge on any atom is 0.232 e. The van der Waals surface area contributed by atoms with Crippen LogP contribution in [0, 0.1) is 11.8 Å². The Balaban J connectivity index is 1.37. The van der Waals surface area contributed by atoms with Crippen molar-refractivity contribution in [2.75, 3.05) is 33.1 Å². The summed E-state index contributed by atoms with van der Waals surface area (Å²) in [6, 6.07) is 10.2. The van der Waals surface area contributed by atoms with Crippen molar-refractivity contribution in [1.29, 1.82) is 0 Å². The topological polar surface area (TPSA) is 69.5 Å². The van der Waals surface area contributed by atoms with Gasteiger partial charge in [0.2, 0.25) is 5.91 Å². The van der Waals surface area contributed by atoms with E-state index in [4.69, 9.17) is 9.47 Å². The highest BCUT2D eigenvalue weighted by Gasteiger charge is 2.44. The Bertz CT molecular complexity index is 815. The van der Waals surface area contributed by atoms with Gasteiger partial charge in [-0.3, -0.25) is 4.79 Å². The standard InChI is InChI=1S/C21H28N4O3S/c1-27-13-17-12-25(23-22-17)19-8-15-10-24(11-16(15)9-20(19)28-2)21(26)14-29-18-6-4-3-5-7-18/h3-7,12,15-16,19-20H,8-11,13-14H2,1-2H3/t15-,16+,19-,20-/m1/s1. The second-order valence-corrected chi connectivity index (χ2v) is 8.91. The van der Waals surface area contributed by atoms with E-state index in [-0.39, 0.29) is 18.1 Å². The average Bonchev–Trinajstić information content (AvgIpc) is 3.38. The molecule has 29 heavy (non-hydrogen) atoms. The normalized spacial score (nSPS) is 26.5. The summed E-state index contributed by atoms with van der Waals surface area (Å²) >= 11 is 1.61. The van der Waals surface area contributed by atoms with Gasteiger partial charge in [0.1, 0.15) is 5.69 Å². The molecule has 2 fully saturated rings. The molecule has 2 heterocycles. The quantitative estimate of drug-likeness (QED) is 0.647. The number of carbonyl (C=O) groups excluding carboxylic acids is 1. The number of fused-ring (bicyclic) bond motifs is 1. The fraction of sp³-hybridized carbons (Fsp3) is 0.571. The molecule has 1 saturated heterocycles. The van der Waals surface area contributed by atoms with E-state index in [1.807, 2.05) is 46.1 Å². The highest BCUT2D eigenvalue weighted by atomic mass is 32.2. The van der Waals surface area contributed by atoms with Gasteiger partial charge in [-0.25, -0.2) is 4.68 Å². The van der Waals surface area contributed by atoms with Crippen LogP contribution < -0.4 is 0 Å². The van der Waals surface area contributed by atoms with Crippen LogP contribution in [0.1, 0.15) is 24.6 Å². The van der Waals surface area contributed by atoms with Crippen molar-refractivity contribution in [2.45, 2.75) is 36.5 Å². The van der Waals surface area contributed by atoms with Crippen LogP contribution in [0.25, 0.3) is 0 Å². The summed E-state index contributed by atoms with van der Waals surface area (Å²) in [6.45, 7) is 2.11. The van der Waals surface area contributed by atoms with Crippen LogP contribution in [-0.4, -0.2) is 65.0 Å². The van der Waals surface area contributed by atoms with Crippen molar-refractivity contribution in [3.8, 4) is 0 Å². The lowest BCUT2D eigenvalue weighted by Crippen LogP contribution is -2.37. The summed E-state index contributed by atoms with van der Waals surface area (Å²) in [7, 11) is 3.42. The fourth-order valence-electron chi connectivity index (χ4n) is 4.57. The molecule has 1 aliphatic carbocycles. The van der Waals surface area contributed by atoms with Gasteiger partial charge in [0.05, 0.1) is 30.7 Å². The highest BCUT2D eigenvalue weighted by molar-refractivity contribution is 8.00. The number of benzene rings is 1. The van der Waals surface area contributed by atoms with E-state index in [0.717, 1.165) is 36.5 Å². The van der Waals surface area contributed by atoms with Crippen LogP contribution in [-0.2, 0) is 20.9 Å². The van der Waals surface area contributed by atoms with Crippen molar-refractivity contribution in [1.82, 2.24) is 19.9 Å². The van der Waals surface area contributed by atoms with Crippen LogP contribution in [0.5, 0.6) is 0 Å². The summed E-state index contributed by atoms with van der Waals surface area (Å²) < 4.78 is 12.9. The Hall–Kier alpha value is -1.90. The number of nitrogens with zero attached hydrogens (tertiary/aromatic N) is 4. The molecule has 1 amide bonds. The Kier molecular flexibility index (Phi) is 6.52. The predicted molar refractivity (Wildman–Crippen MR) is 111 cm³/mol. The predicted octanol–water partition coefficient (Wildman–Crippen LogP) is 2.64. The first kappa shape index (κ1) is 20.4. The van der Waals surface area contributed by atoms with E-state index in [1.165, 1.54) is 0 Å². The summed E-state index contributed by atoms with van der Waals surface area (Å²) in [5.74, 6) is 1.68. The SMILES string of the molecule is COCc1cn([C@@H]2C[C@@H]3CN(C(=O)CSc4ccccc4)C[C@@H]3C[C@H]2OC)nn1. The molecule has 1 saturated carbocycles. The van der Waals surface area contributed by atoms with Gasteiger partial charge >= 0.3 is 0 Å². The van der Waals surface area contributed by atoms with Gasteiger partial charge in [-0.2, -0.15) is 0 Å². The lowest BCUT2D eigenvalue weighted by atomic mass is 9.77. The fourth-order valence-corrected chi connectivity index (χ4v) is 5.39. The smallest absolute Gasteiger partial charge is 0.232 e. The summed E-state index contributed by atoms with van der Waals surface area (Å²) in [5, 5.41) is 8.51. The first-order chi connectivity index (χ1) is 14.2. The van der Waals surface area contributed by atoms with Crippen LogP contribution >= 0.6 is 11.8 Å². The van der Waals surface area contributed by atoms with Crippen molar-refractivity contribution in [2.24, 2.45) is 11.8 Å². The van der Waals surface area contributed by atoms with Crippen molar-refractivity contribution in [3.63, 3.8) is 0 Å². The van der Waals surface area contributed by atoms with Crippen molar-refractivity contribution >= 4 is 17.7 Å². The van der Waals surface area contributed by atoms with E-state index in [2.05, 4.69) is 10.3 Å². The van der Waals surface area contributed by atoms with E-state index in [9.17, 15) is 4.79 Å². The van der Waals surface area contributed by atoms with Crippen LogP contribution in [0.15, 0.2) is 41.4 Å². The monoisotopic (exact) mass is 416 g/mol. The molecule has 4 rings (SSSR count). The molecule has 0 spiro atoms. The van der Waals surface area contributed by atoms with Gasteiger partial charge in [0, 0.05) is 32.2 Å². The maximum absolute atomic E-state index is 12.8. The first-order valence-electron chi connectivity index (χ1n) is 10.1. The van der Waals surface area contributed by atoms with E-state index < -0.39 is 0 Å². The van der Waals surface area contributed by atoms with Crippen LogP contribution in [0.3, 0.4) is 0 Å². The number of hydrogen-bond donors (Lipinski definition) is 0. The largest absolute Gasteiger partial charge is 0.379 e. The third-order valence-electron chi connectivity index (χ3n) is 6.04. The molecule has 1 aromatic carbocycles. The van der Waals surface area contributed by atoms with Crippen molar-refractivity contribution < 1.29 is 14.3 Å². The molecule has 0 unspecified atom stereocenters. The zero-order valence-corrected chi connectivity index (χ0v) is 17.8. The highest BCUT2D eigenvalue weighted by Crippen LogP contribution is 2.42. The van der Waals surface area contributed by atoms with Gasteiger partial charge in [-0.1, -0.05) is 23.4 Å². The van der Waals surface area contributed by atoms with E-state index in [0.29, 0.717) is 24.2 Å². The zero-order chi connectivity index (χ0) is 20.2. The number of amides is 1. The Morgan fingerprint density at radius 3 is 2.66 bits per heavy atom. The average molecular weight is 417 g/mol. The molecule has 7 nitrogen and oxygen atoms in total. The molecule has 0 N–H and O–H groups in total. The summed E-state index contributed by atoms with van der Waals surface area (Å²) in [5.41, 5.74) is 0.825. The lowest BCUT2D eigenvalue weighted by Gasteiger charge is -2.36. The summed E-state index contributed by atoms with van der Waals surface area (Å²) in [6.07, 6.45) is 3.94. The minimum atomic E-state index is 0.0853. The second kappa shape index (κ2) is 9.28. The molecule has 0 bridgehead atoms. The van der Waals surface area contributed by atoms with Crippen molar-refractivity contribution in [3.05, 3.63) is 42.2 Å². The van der Waals surface area contributed by atoms with Gasteiger partial charge < -0.3 is 14.4 Å². The first-order valence-corrected chi connectivity index (χ1v) is 11.0. The molecule has 156 valence electrons. The molecule has 1 aliphatic heterocycles.